The molecule has 1 aromatic carbocycles. The molecule has 0 spiro atoms. The van der Waals surface area contributed by atoms with E-state index in [4.69, 9.17) is 0 Å². The summed E-state index contributed by atoms with van der Waals surface area (Å²) in [6.45, 7) is 3.54. The molecular formula is C16H17N3O3S. The molecule has 0 saturated carbocycles. The summed E-state index contributed by atoms with van der Waals surface area (Å²) in [6, 6.07) is 8.83. The Morgan fingerprint density at radius 3 is 2.48 bits per heavy atom. The normalized spacial score (nSPS) is 10.0. The Labute approximate surface area is 137 Å². The number of amides is 3. The minimum Gasteiger partial charge on any atom is -0.342 e. The van der Waals surface area contributed by atoms with Crippen molar-refractivity contribution in [1.29, 1.82) is 0 Å². The van der Waals surface area contributed by atoms with Crippen molar-refractivity contribution in [3.63, 3.8) is 0 Å². The number of hydrogen-bond donors (Lipinski definition) is 3. The van der Waals surface area contributed by atoms with Gasteiger partial charge in [-0.25, -0.2) is 0 Å². The molecule has 0 fully saturated rings. The van der Waals surface area contributed by atoms with Crippen LogP contribution in [-0.4, -0.2) is 24.3 Å². The van der Waals surface area contributed by atoms with Gasteiger partial charge in [0.1, 0.15) is 0 Å². The third-order valence-corrected chi connectivity index (χ3v) is 3.97. The van der Waals surface area contributed by atoms with E-state index in [2.05, 4.69) is 16.2 Å². The summed E-state index contributed by atoms with van der Waals surface area (Å²) in [6.07, 6.45) is 0. The first-order valence-electron chi connectivity index (χ1n) is 6.95. The lowest BCUT2D eigenvalue weighted by molar-refractivity contribution is -0.120. The highest BCUT2D eigenvalue weighted by Crippen LogP contribution is 2.10. The van der Waals surface area contributed by atoms with Crippen molar-refractivity contribution >= 4 is 29.1 Å². The van der Waals surface area contributed by atoms with Gasteiger partial charge in [-0.3, -0.25) is 25.2 Å². The lowest BCUT2D eigenvalue weighted by atomic mass is 10.1. The quantitative estimate of drug-likeness (QED) is 0.743. The van der Waals surface area contributed by atoms with Gasteiger partial charge in [0.15, 0.2) is 0 Å². The molecule has 0 aliphatic rings. The third kappa shape index (κ3) is 4.65. The molecule has 0 aliphatic carbocycles. The number of carbonyl (C=O) groups is 3. The molecule has 1 heterocycles. The van der Waals surface area contributed by atoms with Crippen molar-refractivity contribution in [2.45, 2.75) is 13.8 Å². The van der Waals surface area contributed by atoms with Crippen molar-refractivity contribution in [3.8, 4) is 0 Å². The van der Waals surface area contributed by atoms with E-state index in [1.807, 2.05) is 26.0 Å². The largest absolute Gasteiger partial charge is 0.342 e. The van der Waals surface area contributed by atoms with Gasteiger partial charge in [0.25, 0.3) is 17.7 Å². The standard InChI is InChI=1S/C16H17N3O3S/c1-10-5-6-12(11(2)8-10)15(21)19-18-14(20)9-17-16(22)13-4-3-7-23-13/h3-8H,9H2,1-2H3,(H,17,22)(H,18,20)(H,19,21). The first-order valence-corrected chi connectivity index (χ1v) is 7.83. The molecule has 1 aromatic heterocycles. The van der Waals surface area contributed by atoms with Gasteiger partial charge in [-0.05, 0) is 36.9 Å². The van der Waals surface area contributed by atoms with Gasteiger partial charge < -0.3 is 5.32 Å². The molecule has 7 heteroatoms. The molecule has 0 radical (unpaired) electrons. The van der Waals surface area contributed by atoms with E-state index < -0.39 is 11.8 Å². The number of thiophene rings is 1. The zero-order valence-electron chi connectivity index (χ0n) is 12.8. The molecule has 23 heavy (non-hydrogen) atoms. The fourth-order valence-electron chi connectivity index (χ4n) is 1.96. The molecule has 0 saturated heterocycles. The SMILES string of the molecule is Cc1ccc(C(=O)NNC(=O)CNC(=O)c2cccs2)c(C)c1. The van der Waals surface area contributed by atoms with Crippen molar-refractivity contribution in [3.05, 3.63) is 57.3 Å². The minimum absolute atomic E-state index is 0.218. The summed E-state index contributed by atoms with van der Waals surface area (Å²) < 4.78 is 0. The lowest BCUT2D eigenvalue weighted by Gasteiger charge is -2.10. The van der Waals surface area contributed by atoms with Gasteiger partial charge >= 0.3 is 0 Å². The van der Waals surface area contributed by atoms with Gasteiger partial charge in [0.2, 0.25) is 0 Å². The van der Waals surface area contributed by atoms with Crippen LogP contribution in [0.1, 0.15) is 31.2 Å². The molecule has 0 bridgehead atoms. The predicted octanol–water partition coefficient (Wildman–Crippen LogP) is 1.56. The molecule has 3 amide bonds. The number of hydrogen-bond acceptors (Lipinski definition) is 4. The number of rotatable bonds is 4. The highest BCUT2D eigenvalue weighted by Gasteiger charge is 2.11. The molecule has 0 unspecified atom stereocenters. The molecular weight excluding hydrogens is 314 g/mol. The average Bonchev–Trinajstić information content (AvgIpc) is 3.04. The Bertz CT molecular complexity index is 726. The van der Waals surface area contributed by atoms with Crippen molar-refractivity contribution in [1.82, 2.24) is 16.2 Å². The van der Waals surface area contributed by atoms with Gasteiger partial charge in [0.05, 0.1) is 11.4 Å². The monoisotopic (exact) mass is 331 g/mol. The molecule has 0 aliphatic heterocycles. The second-order valence-corrected chi connectivity index (χ2v) is 5.93. The fourth-order valence-corrected chi connectivity index (χ4v) is 2.60. The smallest absolute Gasteiger partial charge is 0.269 e. The highest BCUT2D eigenvalue weighted by molar-refractivity contribution is 7.12. The maximum absolute atomic E-state index is 12.0. The van der Waals surface area contributed by atoms with E-state index in [1.54, 1.807) is 23.6 Å². The summed E-state index contributed by atoms with van der Waals surface area (Å²) in [7, 11) is 0. The summed E-state index contributed by atoms with van der Waals surface area (Å²) in [5, 5.41) is 4.25. The molecule has 6 nitrogen and oxygen atoms in total. The van der Waals surface area contributed by atoms with E-state index in [9.17, 15) is 14.4 Å². The number of aryl methyl sites for hydroxylation is 2. The molecule has 0 atom stereocenters. The van der Waals surface area contributed by atoms with Gasteiger partial charge in [-0.15, -0.1) is 11.3 Å². The van der Waals surface area contributed by atoms with Crippen molar-refractivity contribution < 1.29 is 14.4 Å². The second-order valence-electron chi connectivity index (χ2n) is 4.98. The van der Waals surface area contributed by atoms with Gasteiger partial charge in [-0.1, -0.05) is 23.8 Å². The Kier molecular flexibility index (Phi) is 5.48. The van der Waals surface area contributed by atoms with Crippen molar-refractivity contribution in [2.75, 3.05) is 6.54 Å². The van der Waals surface area contributed by atoms with Crippen LogP contribution in [0.4, 0.5) is 0 Å². The van der Waals surface area contributed by atoms with E-state index in [1.165, 1.54) is 11.3 Å². The summed E-state index contributed by atoms with van der Waals surface area (Å²) in [4.78, 5) is 35.9. The summed E-state index contributed by atoms with van der Waals surface area (Å²) in [5.74, 6) is -1.23. The lowest BCUT2D eigenvalue weighted by Crippen LogP contribution is -2.46. The number of nitrogens with one attached hydrogen (secondary N) is 3. The number of hydrazine groups is 1. The van der Waals surface area contributed by atoms with Crippen LogP contribution < -0.4 is 16.2 Å². The first kappa shape index (κ1) is 16.7. The van der Waals surface area contributed by atoms with Crippen molar-refractivity contribution in [2.24, 2.45) is 0 Å². The first-order chi connectivity index (χ1) is 11.0. The molecule has 120 valence electrons. The fraction of sp³-hybridized carbons (Fsp3) is 0.188. The van der Waals surface area contributed by atoms with Gasteiger partial charge in [-0.2, -0.15) is 0 Å². The predicted molar refractivity (Wildman–Crippen MR) is 88.2 cm³/mol. The van der Waals surface area contributed by atoms with Crippen LogP contribution in [-0.2, 0) is 4.79 Å². The van der Waals surface area contributed by atoms with E-state index in [0.717, 1.165) is 11.1 Å². The average molecular weight is 331 g/mol. The van der Waals surface area contributed by atoms with Crippen LogP contribution in [0.3, 0.4) is 0 Å². The Balaban J connectivity index is 1.80. The van der Waals surface area contributed by atoms with Crippen LogP contribution in [0, 0.1) is 13.8 Å². The Morgan fingerprint density at radius 1 is 1.04 bits per heavy atom. The Hall–Kier alpha value is -2.67. The number of benzene rings is 1. The number of carbonyl (C=O) groups excluding carboxylic acids is 3. The molecule has 2 aromatic rings. The minimum atomic E-state index is -0.506. The summed E-state index contributed by atoms with van der Waals surface area (Å²) >= 11 is 1.29. The maximum Gasteiger partial charge on any atom is 0.269 e. The zero-order valence-corrected chi connectivity index (χ0v) is 13.6. The highest BCUT2D eigenvalue weighted by atomic mass is 32.1. The third-order valence-electron chi connectivity index (χ3n) is 3.10. The van der Waals surface area contributed by atoms with Crippen LogP contribution in [0.15, 0.2) is 35.7 Å². The van der Waals surface area contributed by atoms with E-state index in [0.29, 0.717) is 10.4 Å². The van der Waals surface area contributed by atoms with E-state index >= 15 is 0 Å². The maximum atomic E-state index is 12.0. The Morgan fingerprint density at radius 2 is 1.83 bits per heavy atom. The topological polar surface area (TPSA) is 87.3 Å². The van der Waals surface area contributed by atoms with Crippen LogP contribution in [0.25, 0.3) is 0 Å². The second kappa shape index (κ2) is 7.55. The molecule has 3 N–H and O–H groups in total. The van der Waals surface area contributed by atoms with Crippen LogP contribution in [0.2, 0.25) is 0 Å². The van der Waals surface area contributed by atoms with Crippen LogP contribution in [0.5, 0.6) is 0 Å². The van der Waals surface area contributed by atoms with E-state index in [-0.39, 0.29) is 12.5 Å². The zero-order chi connectivity index (χ0) is 16.8. The molecule has 2 rings (SSSR count). The van der Waals surface area contributed by atoms with Gasteiger partial charge in [0, 0.05) is 5.56 Å². The van der Waals surface area contributed by atoms with Crippen LogP contribution >= 0.6 is 11.3 Å². The summed E-state index contributed by atoms with van der Waals surface area (Å²) in [5.41, 5.74) is 6.97.